The van der Waals surface area contributed by atoms with Crippen LogP contribution in [0.25, 0.3) is 10.9 Å². The minimum atomic E-state index is -0.553. The molecule has 4 rings (SSSR count). The highest BCUT2D eigenvalue weighted by Crippen LogP contribution is 2.52. The summed E-state index contributed by atoms with van der Waals surface area (Å²) in [7, 11) is 0. The van der Waals surface area contributed by atoms with E-state index >= 15 is 0 Å². The largest absolute Gasteiger partial charge is 0.451 e. The van der Waals surface area contributed by atoms with Crippen LogP contribution in [0.3, 0.4) is 0 Å². The van der Waals surface area contributed by atoms with Gasteiger partial charge >= 0.3 is 5.97 Å². The van der Waals surface area contributed by atoms with Gasteiger partial charge in [-0.25, -0.2) is 9.78 Å². The molecule has 27 heavy (non-hydrogen) atoms. The summed E-state index contributed by atoms with van der Waals surface area (Å²) in [5.74, 6) is -0.654. The molecule has 1 aliphatic carbocycles. The summed E-state index contributed by atoms with van der Waals surface area (Å²) in [5.41, 5.74) is 1.39. The van der Waals surface area contributed by atoms with E-state index in [4.69, 9.17) is 4.74 Å². The van der Waals surface area contributed by atoms with Gasteiger partial charge in [0.05, 0.1) is 5.52 Å². The molecule has 2 fully saturated rings. The van der Waals surface area contributed by atoms with Gasteiger partial charge in [-0.2, -0.15) is 0 Å². The van der Waals surface area contributed by atoms with E-state index in [0.29, 0.717) is 0 Å². The summed E-state index contributed by atoms with van der Waals surface area (Å²) in [6, 6.07) is 11.3. The molecular weight excluding hydrogens is 340 g/mol. The van der Waals surface area contributed by atoms with Crippen molar-refractivity contribution in [2.75, 3.05) is 13.2 Å². The molecule has 142 valence electrons. The van der Waals surface area contributed by atoms with Gasteiger partial charge in [-0.3, -0.25) is 4.79 Å². The number of likely N-dealkylation sites (tertiary alicyclic amines) is 1. The van der Waals surface area contributed by atoms with Crippen molar-refractivity contribution in [1.82, 2.24) is 9.88 Å². The van der Waals surface area contributed by atoms with Crippen LogP contribution in [0, 0.1) is 10.8 Å². The van der Waals surface area contributed by atoms with E-state index in [1.165, 1.54) is 0 Å². The van der Waals surface area contributed by atoms with E-state index in [9.17, 15) is 9.59 Å². The van der Waals surface area contributed by atoms with E-state index in [2.05, 4.69) is 25.8 Å². The average molecular weight is 366 g/mol. The quantitative estimate of drug-likeness (QED) is 0.775. The number of amides is 1. The normalized spacial score (nSPS) is 26.2. The van der Waals surface area contributed by atoms with Crippen molar-refractivity contribution in [3.05, 3.63) is 42.1 Å². The number of hydrogen-bond acceptors (Lipinski definition) is 4. The van der Waals surface area contributed by atoms with E-state index in [1.807, 2.05) is 35.2 Å². The third kappa shape index (κ3) is 3.55. The Kier molecular flexibility index (Phi) is 4.21. The van der Waals surface area contributed by atoms with Gasteiger partial charge in [-0.15, -0.1) is 0 Å². The Morgan fingerprint density at radius 1 is 1.15 bits per heavy atom. The van der Waals surface area contributed by atoms with Crippen molar-refractivity contribution < 1.29 is 14.3 Å². The molecule has 0 radical (unpaired) electrons. The van der Waals surface area contributed by atoms with Gasteiger partial charge in [0.15, 0.2) is 6.61 Å². The molecule has 2 aromatic rings. The van der Waals surface area contributed by atoms with Crippen molar-refractivity contribution in [3.8, 4) is 0 Å². The topological polar surface area (TPSA) is 59.5 Å². The SMILES string of the molecule is CC1(C)C[C@H]2C[C@](C)(CN2C(=O)COC(=O)c2ccc3ccccc3n2)C1. The van der Waals surface area contributed by atoms with Crippen LogP contribution in [0.1, 0.15) is 50.5 Å². The first-order valence-electron chi connectivity index (χ1n) is 9.57. The smallest absolute Gasteiger partial charge is 0.357 e. The molecule has 5 heteroatoms. The number of para-hydroxylation sites is 1. The lowest BCUT2D eigenvalue weighted by atomic mass is 9.65. The average Bonchev–Trinajstić information content (AvgIpc) is 2.87. The number of nitrogens with zero attached hydrogens (tertiary/aromatic N) is 2. The molecule has 2 heterocycles. The second-order valence-corrected chi connectivity index (χ2v) is 9.20. The minimum Gasteiger partial charge on any atom is -0.451 e. The molecule has 0 N–H and O–H groups in total. The Morgan fingerprint density at radius 2 is 1.93 bits per heavy atom. The van der Waals surface area contributed by atoms with E-state index < -0.39 is 5.97 Å². The van der Waals surface area contributed by atoms with Gasteiger partial charge in [-0.05, 0) is 42.2 Å². The van der Waals surface area contributed by atoms with Crippen LogP contribution in [-0.2, 0) is 9.53 Å². The number of esters is 1. The first-order valence-corrected chi connectivity index (χ1v) is 9.57. The van der Waals surface area contributed by atoms with Crippen molar-refractivity contribution >= 4 is 22.8 Å². The van der Waals surface area contributed by atoms with Crippen LogP contribution in [0.4, 0.5) is 0 Å². The zero-order chi connectivity index (χ0) is 19.2. The molecule has 0 unspecified atom stereocenters. The Morgan fingerprint density at radius 3 is 2.74 bits per heavy atom. The maximum Gasteiger partial charge on any atom is 0.357 e. The number of benzene rings is 1. The van der Waals surface area contributed by atoms with E-state index in [1.54, 1.807) is 6.07 Å². The van der Waals surface area contributed by atoms with Gasteiger partial charge in [-0.1, -0.05) is 45.0 Å². The second-order valence-electron chi connectivity index (χ2n) is 9.20. The molecular formula is C22H26N2O3. The highest BCUT2D eigenvalue weighted by Gasteiger charge is 2.50. The monoisotopic (exact) mass is 366 g/mol. The minimum absolute atomic E-state index is 0.101. The Bertz CT molecular complexity index is 907. The molecule has 1 aromatic carbocycles. The van der Waals surface area contributed by atoms with Crippen LogP contribution in [0.2, 0.25) is 0 Å². The maximum absolute atomic E-state index is 12.7. The number of hydrogen-bond donors (Lipinski definition) is 0. The number of carbonyl (C=O) groups is 2. The van der Waals surface area contributed by atoms with Crippen LogP contribution in [-0.4, -0.2) is 41.0 Å². The molecule has 1 saturated heterocycles. The molecule has 2 atom stereocenters. The number of fused-ring (bicyclic) bond motifs is 3. The van der Waals surface area contributed by atoms with Gasteiger partial charge in [0.2, 0.25) is 0 Å². The van der Waals surface area contributed by atoms with Gasteiger partial charge in [0.25, 0.3) is 5.91 Å². The Labute approximate surface area is 159 Å². The van der Waals surface area contributed by atoms with Gasteiger partial charge in [0, 0.05) is 18.0 Å². The third-order valence-corrected chi connectivity index (χ3v) is 5.87. The van der Waals surface area contributed by atoms with Crippen LogP contribution < -0.4 is 0 Å². The number of carbonyl (C=O) groups excluding carboxylic acids is 2. The summed E-state index contributed by atoms with van der Waals surface area (Å²) < 4.78 is 5.29. The summed E-state index contributed by atoms with van der Waals surface area (Å²) in [5, 5.41) is 0.963. The lowest BCUT2D eigenvalue weighted by molar-refractivity contribution is -0.135. The predicted molar refractivity (Wildman–Crippen MR) is 103 cm³/mol. The maximum atomic E-state index is 12.7. The predicted octanol–water partition coefficient (Wildman–Crippen LogP) is 3.82. The standard InChI is InChI=1S/C22H26N2O3/c1-21(2)10-16-11-22(3,13-21)14-24(16)19(25)12-27-20(26)18-9-8-15-6-4-5-7-17(15)23-18/h4-9,16H,10-14H2,1-3H3/t16-,22-/m0/s1. The van der Waals surface area contributed by atoms with Crippen molar-refractivity contribution in [1.29, 1.82) is 0 Å². The van der Waals surface area contributed by atoms with Crippen molar-refractivity contribution in [3.63, 3.8) is 0 Å². The van der Waals surface area contributed by atoms with Crippen molar-refractivity contribution in [2.24, 2.45) is 10.8 Å². The van der Waals surface area contributed by atoms with Crippen LogP contribution >= 0.6 is 0 Å². The molecule has 1 aliphatic heterocycles. The second kappa shape index (κ2) is 6.32. The number of rotatable bonds is 3. The summed E-state index contributed by atoms with van der Waals surface area (Å²) in [6.45, 7) is 7.35. The highest BCUT2D eigenvalue weighted by molar-refractivity contribution is 5.92. The summed E-state index contributed by atoms with van der Waals surface area (Å²) in [4.78, 5) is 31.3. The fraction of sp³-hybridized carbons (Fsp3) is 0.500. The fourth-order valence-electron chi connectivity index (χ4n) is 5.22. The molecule has 1 saturated carbocycles. The zero-order valence-corrected chi connectivity index (χ0v) is 16.2. The lowest BCUT2D eigenvalue weighted by Crippen LogP contribution is -2.39. The zero-order valence-electron chi connectivity index (χ0n) is 16.2. The molecule has 1 aromatic heterocycles. The molecule has 2 aliphatic rings. The van der Waals surface area contributed by atoms with E-state index in [-0.39, 0.29) is 35.1 Å². The summed E-state index contributed by atoms with van der Waals surface area (Å²) >= 11 is 0. The number of pyridine rings is 1. The Hall–Kier alpha value is -2.43. The first kappa shape index (κ1) is 18.0. The highest BCUT2D eigenvalue weighted by atomic mass is 16.5. The lowest BCUT2D eigenvalue weighted by Gasteiger charge is -2.39. The third-order valence-electron chi connectivity index (χ3n) is 5.87. The first-order chi connectivity index (χ1) is 12.7. The summed E-state index contributed by atoms with van der Waals surface area (Å²) in [6.07, 6.45) is 3.18. The number of ether oxygens (including phenoxy) is 1. The van der Waals surface area contributed by atoms with Crippen molar-refractivity contribution in [2.45, 2.75) is 46.1 Å². The van der Waals surface area contributed by atoms with Gasteiger partial charge < -0.3 is 9.64 Å². The molecule has 5 nitrogen and oxygen atoms in total. The van der Waals surface area contributed by atoms with Crippen LogP contribution in [0.5, 0.6) is 0 Å². The van der Waals surface area contributed by atoms with E-state index in [0.717, 1.165) is 36.7 Å². The Balaban J connectivity index is 1.41. The fourth-order valence-corrected chi connectivity index (χ4v) is 5.22. The number of aromatic nitrogens is 1. The van der Waals surface area contributed by atoms with Crippen LogP contribution in [0.15, 0.2) is 36.4 Å². The molecule has 2 bridgehead atoms. The molecule has 0 spiro atoms. The van der Waals surface area contributed by atoms with Gasteiger partial charge in [0.1, 0.15) is 5.69 Å². The molecule has 1 amide bonds.